The van der Waals surface area contributed by atoms with Gasteiger partial charge in [0.15, 0.2) is 0 Å². The van der Waals surface area contributed by atoms with Crippen molar-refractivity contribution in [3.63, 3.8) is 0 Å². The Hall–Kier alpha value is -3.51. The van der Waals surface area contributed by atoms with Gasteiger partial charge in [-0.2, -0.15) is 0 Å². The Morgan fingerprint density at radius 1 is 0.857 bits per heavy atom. The fourth-order valence-corrected chi connectivity index (χ4v) is 3.19. The fraction of sp³-hybridized carbons (Fsp3) is 0.522. The van der Waals surface area contributed by atoms with Crippen molar-refractivity contribution < 1.29 is 34.2 Å². The number of aliphatic hydroxyl groups is 1. The number of hydrogen-bond donors (Lipinski definition) is 7. The summed E-state index contributed by atoms with van der Waals surface area (Å²) in [5.41, 5.74) is 11.5. The number of nitrogens with two attached hydrogens (primary N) is 2. The van der Waals surface area contributed by atoms with Gasteiger partial charge in [-0.25, -0.2) is 4.79 Å². The van der Waals surface area contributed by atoms with Gasteiger partial charge in [0, 0.05) is 6.42 Å². The average Bonchev–Trinajstić information content (AvgIpc) is 2.76. The number of nitrogens with one attached hydrogen (secondary N) is 3. The number of benzene rings is 1. The predicted octanol–water partition coefficient (Wildman–Crippen LogP) is -1.60. The molecule has 194 valence electrons. The quantitative estimate of drug-likeness (QED) is 0.160. The van der Waals surface area contributed by atoms with E-state index >= 15 is 0 Å². The van der Waals surface area contributed by atoms with Crippen LogP contribution in [0.4, 0.5) is 0 Å². The van der Waals surface area contributed by atoms with Gasteiger partial charge in [0.2, 0.25) is 23.6 Å². The predicted molar refractivity (Wildman–Crippen MR) is 126 cm³/mol. The highest BCUT2D eigenvalue weighted by Crippen LogP contribution is 2.08. The monoisotopic (exact) mass is 493 g/mol. The highest BCUT2D eigenvalue weighted by molar-refractivity contribution is 5.96. The van der Waals surface area contributed by atoms with Crippen molar-refractivity contribution in [3.8, 4) is 0 Å². The van der Waals surface area contributed by atoms with Crippen LogP contribution in [0.15, 0.2) is 30.3 Å². The topological polar surface area (TPSA) is 214 Å². The van der Waals surface area contributed by atoms with Crippen molar-refractivity contribution in [1.29, 1.82) is 0 Å². The van der Waals surface area contributed by atoms with E-state index in [2.05, 4.69) is 16.0 Å². The van der Waals surface area contributed by atoms with Crippen LogP contribution in [-0.4, -0.2) is 70.1 Å². The molecule has 35 heavy (non-hydrogen) atoms. The van der Waals surface area contributed by atoms with E-state index in [0.29, 0.717) is 5.56 Å². The smallest absolute Gasteiger partial charge is 0.326 e. The molecule has 0 saturated heterocycles. The minimum absolute atomic E-state index is 0.0108. The van der Waals surface area contributed by atoms with E-state index in [-0.39, 0.29) is 18.8 Å². The summed E-state index contributed by atoms with van der Waals surface area (Å²) in [6, 6.07) is 3.44. The zero-order valence-electron chi connectivity index (χ0n) is 20.1. The Bertz CT molecular complexity index is 892. The molecular weight excluding hydrogens is 458 g/mol. The molecule has 0 aliphatic carbocycles. The summed E-state index contributed by atoms with van der Waals surface area (Å²) in [4.78, 5) is 61.3. The van der Waals surface area contributed by atoms with Crippen LogP contribution in [0, 0.1) is 5.92 Å². The molecule has 9 N–H and O–H groups in total. The van der Waals surface area contributed by atoms with Crippen molar-refractivity contribution in [2.75, 3.05) is 0 Å². The number of primary amides is 1. The molecule has 0 aromatic heterocycles. The second-order valence-electron chi connectivity index (χ2n) is 8.78. The van der Waals surface area contributed by atoms with Crippen LogP contribution in [0.25, 0.3) is 0 Å². The van der Waals surface area contributed by atoms with Crippen molar-refractivity contribution >= 4 is 29.6 Å². The molecule has 0 aliphatic heterocycles. The molecule has 0 radical (unpaired) electrons. The molecule has 1 rings (SSSR count). The number of rotatable bonds is 14. The molecule has 0 fully saturated rings. The molecular formula is C23H35N5O7. The third-order valence-electron chi connectivity index (χ3n) is 5.10. The van der Waals surface area contributed by atoms with Gasteiger partial charge in [-0.3, -0.25) is 19.2 Å². The lowest BCUT2D eigenvalue weighted by molar-refractivity contribution is -0.143. The van der Waals surface area contributed by atoms with Crippen molar-refractivity contribution in [1.82, 2.24) is 16.0 Å². The second-order valence-corrected chi connectivity index (χ2v) is 8.78. The Balaban J connectivity index is 3.14. The summed E-state index contributed by atoms with van der Waals surface area (Å²) in [5, 5.41) is 26.2. The SMILES string of the molecule is CC(C)CC(NC(=O)C(Cc1ccccc1)NC(=O)C(CC(N)=O)NC(=O)C(N)C(C)O)C(=O)O. The Morgan fingerprint density at radius 2 is 1.37 bits per heavy atom. The van der Waals surface area contributed by atoms with Crippen LogP contribution in [-0.2, 0) is 30.4 Å². The lowest BCUT2D eigenvalue weighted by Crippen LogP contribution is -2.59. The van der Waals surface area contributed by atoms with Gasteiger partial charge in [0.25, 0.3) is 0 Å². The van der Waals surface area contributed by atoms with E-state index in [4.69, 9.17) is 11.5 Å². The van der Waals surface area contributed by atoms with Crippen LogP contribution in [0.3, 0.4) is 0 Å². The second kappa shape index (κ2) is 14.0. The summed E-state index contributed by atoms with van der Waals surface area (Å²) in [6.07, 6.45) is -1.63. The van der Waals surface area contributed by atoms with E-state index in [1.165, 1.54) is 6.92 Å². The van der Waals surface area contributed by atoms with Crippen LogP contribution in [0.1, 0.15) is 39.2 Å². The molecule has 5 unspecified atom stereocenters. The van der Waals surface area contributed by atoms with E-state index in [1.54, 1.807) is 44.2 Å². The molecule has 1 aromatic carbocycles. The number of hydrogen-bond acceptors (Lipinski definition) is 7. The maximum atomic E-state index is 13.0. The number of aliphatic carboxylic acids is 1. The first-order chi connectivity index (χ1) is 16.3. The summed E-state index contributed by atoms with van der Waals surface area (Å²) < 4.78 is 0. The third-order valence-corrected chi connectivity index (χ3v) is 5.10. The highest BCUT2D eigenvalue weighted by atomic mass is 16.4. The first-order valence-electron chi connectivity index (χ1n) is 11.2. The van der Waals surface area contributed by atoms with Gasteiger partial charge in [0.05, 0.1) is 12.5 Å². The number of aliphatic hydroxyl groups excluding tert-OH is 1. The molecule has 12 nitrogen and oxygen atoms in total. The van der Waals surface area contributed by atoms with Gasteiger partial charge in [-0.1, -0.05) is 44.2 Å². The fourth-order valence-electron chi connectivity index (χ4n) is 3.19. The molecule has 4 amide bonds. The summed E-state index contributed by atoms with van der Waals surface area (Å²) in [6.45, 7) is 4.89. The van der Waals surface area contributed by atoms with Gasteiger partial charge >= 0.3 is 5.97 Å². The number of carboxylic acid groups (broad SMARTS) is 1. The van der Waals surface area contributed by atoms with E-state index in [0.717, 1.165) is 0 Å². The first kappa shape index (κ1) is 29.5. The molecule has 5 atom stereocenters. The third kappa shape index (κ3) is 10.5. The summed E-state index contributed by atoms with van der Waals surface area (Å²) in [7, 11) is 0. The minimum atomic E-state index is -1.47. The van der Waals surface area contributed by atoms with E-state index in [9.17, 15) is 34.2 Å². The normalized spacial score (nSPS) is 15.3. The molecule has 0 spiro atoms. The van der Waals surface area contributed by atoms with Crippen LogP contribution < -0.4 is 27.4 Å². The Morgan fingerprint density at radius 3 is 1.86 bits per heavy atom. The van der Waals surface area contributed by atoms with Crippen LogP contribution in [0.5, 0.6) is 0 Å². The van der Waals surface area contributed by atoms with Crippen LogP contribution >= 0.6 is 0 Å². The zero-order valence-corrected chi connectivity index (χ0v) is 20.1. The van der Waals surface area contributed by atoms with E-state index < -0.39 is 66.3 Å². The standard InChI is InChI=1S/C23H35N5O7/c1-12(2)9-17(23(34)35)28-20(31)15(10-14-7-5-4-6-8-14)26-21(32)16(11-18(24)30)27-22(33)19(25)13(3)29/h4-8,12-13,15-17,19,29H,9-11,25H2,1-3H3,(H2,24,30)(H,26,32)(H,27,33)(H,28,31)(H,34,35). The highest BCUT2D eigenvalue weighted by Gasteiger charge is 2.32. The minimum Gasteiger partial charge on any atom is -0.480 e. The summed E-state index contributed by atoms with van der Waals surface area (Å²) in [5.74, 6) is -4.69. The van der Waals surface area contributed by atoms with Crippen molar-refractivity contribution in [3.05, 3.63) is 35.9 Å². The lowest BCUT2D eigenvalue weighted by atomic mass is 10.0. The number of carbonyl (C=O) groups excluding carboxylic acids is 4. The maximum Gasteiger partial charge on any atom is 0.326 e. The number of carboxylic acids is 1. The summed E-state index contributed by atoms with van der Waals surface area (Å²) >= 11 is 0. The number of amides is 4. The zero-order chi connectivity index (χ0) is 26.7. The molecule has 1 aromatic rings. The van der Waals surface area contributed by atoms with Gasteiger partial charge in [0.1, 0.15) is 24.2 Å². The van der Waals surface area contributed by atoms with Gasteiger partial charge in [-0.15, -0.1) is 0 Å². The van der Waals surface area contributed by atoms with E-state index in [1.807, 2.05) is 0 Å². The molecule has 0 heterocycles. The molecule has 0 bridgehead atoms. The maximum absolute atomic E-state index is 13.0. The molecule has 0 aliphatic rings. The Labute approximate surface area is 203 Å². The van der Waals surface area contributed by atoms with Crippen molar-refractivity contribution in [2.24, 2.45) is 17.4 Å². The van der Waals surface area contributed by atoms with Crippen LogP contribution in [0.2, 0.25) is 0 Å². The molecule has 0 saturated carbocycles. The average molecular weight is 494 g/mol. The van der Waals surface area contributed by atoms with Crippen molar-refractivity contribution in [2.45, 2.75) is 70.3 Å². The largest absolute Gasteiger partial charge is 0.480 e. The molecule has 12 heteroatoms. The van der Waals surface area contributed by atoms with Gasteiger partial charge in [-0.05, 0) is 24.8 Å². The lowest BCUT2D eigenvalue weighted by Gasteiger charge is -2.25. The number of carbonyl (C=O) groups is 5. The Kier molecular flexibility index (Phi) is 11.8. The van der Waals surface area contributed by atoms with Gasteiger partial charge < -0.3 is 37.6 Å². The first-order valence-corrected chi connectivity index (χ1v) is 11.2.